The van der Waals surface area contributed by atoms with Crippen LogP contribution in [0.5, 0.6) is 5.75 Å². The third-order valence-electron chi connectivity index (χ3n) is 2.54. The summed E-state index contributed by atoms with van der Waals surface area (Å²) in [6, 6.07) is 15.0. The second kappa shape index (κ2) is 5.65. The fourth-order valence-corrected chi connectivity index (χ4v) is 1.51. The first kappa shape index (κ1) is 12.6. The van der Waals surface area contributed by atoms with Crippen LogP contribution in [0.4, 0.5) is 5.69 Å². The van der Waals surface area contributed by atoms with Crippen molar-refractivity contribution in [3.05, 3.63) is 69.8 Å². The standard InChI is InChI=1S/C14H10N2O3/c15-9-11-1-3-12(4-2-11)10-19-14-7-5-13(6-8-14)16(17)18/h1-8H,10H2. The van der Waals surface area contributed by atoms with Crippen LogP contribution in [0.25, 0.3) is 0 Å². The summed E-state index contributed by atoms with van der Waals surface area (Å²) in [6.45, 7) is 0.351. The number of nitro groups is 1. The molecule has 0 fully saturated rings. The van der Waals surface area contributed by atoms with Gasteiger partial charge in [0.05, 0.1) is 16.6 Å². The van der Waals surface area contributed by atoms with Gasteiger partial charge in [-0.15, -0.1) is 0 Å². The summed E-state index contributed by atoms with van der Waals surface area (Å²) in [6.07, 6.45) is 0. The van der Waals surface area contributed by atoms with E-state index in [2.05, 4.69) is 0 Å². The Morgan fingerprint density at radius 3 is 2.26 bits per heavy atom. The molecule has 0 saturated heterocycles. The van der Waals surface area contributed by atoms with Crippen LogP contribution >= 0.6 is 0 Å². The highest BCUT2D eigenvalue weighted by Gasteiger charge is 2.04. The van der Waals surface area contributed by atoms with Gasteiger partial charge in [0, 0.05) is 12.1 Å². The summed E-state index contributed by atoms with van der Waals surface area (Å²) >= 11 is 0. The lowest BCUT2D eigenvalue weighted by Crippen LogP contribution is -1.95. The van der Waals surface area contributed by atoms with Gasteiger partial charge in [-0.25, -0.2) is 0 Å². The highest BCUT2D eigenvalue weighted by atomic mass is 16.6. The highest BCUT2D eigenvalue weighted by molar-refractivity contribution is 5.36. The molecule has 0 unspecified atom stereocenters. The van der Waals surface area contributed by atoms with Gasteiger partial charge < -0.3 is 4.74 Å². The quantitative estimate of drug-likeness (QED) is 0.620. The molecule has 0 saturated carbocycles. The zero-order valence-electron chi connectivity index (χ0n) is 9.95. The van der Waals surface area contributed by atoms with Crippen molar-refractivity contribution in [1.82, 2.24) is 0 Å². The first-order chi connectivity index (χ1) is 9.19. The molecule has 2 aromatic carbocycles. The summed E-state index contributed by atoms with van der Waals surface area (Å²) in [7, 11) is 0. The predicted octanol–water partition coefficient (Wildman–Crippen LogP) is 3.05. The molecule has 5 nitrogen and oxygen atoms in total. The van der Waals surface area contributed by atoms with Crippen molar-refractivity contribution in [3.63, 3.8) is 0 Å². The Hall–Kier alpha value is -2.87. The van der Waals surface area contributed by atoms with Crippen LogP contribution in [-0.2, 0) is 6.61 Å². The molecule has 0 atom stereocenters. The number of nitrogens with zero attached hydrogens (tertiary/aromatic N) is 2. The van der Waals surface area contributed by atoms with Crippen molar-refractivity contribution in [2.75, 3.05) is 0 Å². The molecule has 0 bridgehead atoms. The van der Waals surface area contributed by atoms with Gasteiger partial charge in [-0.1, -0.05) is 12.1 Å². The third-order valence-corrected chi connectivity index (χ3v) is 2.54. The molecule has 0 radical (unpaired) electrons. The minimum atomic E-state index is -0.454. The molecular formula is C14H10N2O3. The molecule has 0 heterocycles. The molecule has 0 aromatic heterocycles. The SMILES string of the molecule is N#Cc1ccc(COc2ccc([N+](=O)[O-])cc2)cc1. The maximum atomic E-state index is 10.5. The topological polar surface area (TPSA) is 76.2 Å². The number of nitriles is 1. The molecule has 19 heavy (non-hydrogen) atoms. The predicted molar refractivity (Wildman–Crippen MR) is 68.6 cm³/mol. The van der Waals surface area contributed by atoms with E-state index < -0.39 is 4.92 Å². The lowest BCUT2D eigenvalue weighted by molar-refractivity contribution is -0.384. The van der Waals surface area contributed by atoms with E-state index in [1.165, 1.54) is 12.1 Å². The fraction of sp³-hybridized carbons (Fsp3) is 0.0714. The van der Waals surface area contributed by atoms with Crippen LogP contribution in [0.3, 0.4) is 0 Å². The zero-order chi connectivity index (χ0) is 13.7. The van der Waals surface area contributed by atoms with Crippen LogP contribution in [0.2, 0.25) is 0 Å². The molecular weight excluding hydrogens is 244 g/mol. The summed E-state index contributed by atoms with van der Waals surface area (Å²) in [5, 5.41) is 19.2. The summed E-state index contributed by atoms with van der Waals surface area (Å²) < 4.78 is 5.49. The summed E-state index contributed by atoms with van der Waals surface area (Å²) in [5.74, 6) is 0.565. The van der Waals surface area contributed by atoms with E-state index in [0.717, 1.165) is 5.56 Å². The lowest BCUT2D eigenvalue weighted by atomic mass is 10.2. The smallest absolute Gasteiger partial charge is 0.269 e. The second-order valence-corrected chi connectivity index (χ2v) is 3.85. The lowest BCUT2D eigenvalue weighted by Gasteiger charge is -2.05. The number of benzene rings is 2. The van der Waals surface area contributed by atoms with Crippen LogP contribution in [-0.4, -0.2) is 4.92 Å². The minimum absolute atomic E-state index is 0.0331. The molecule has 2 rings (SSSR count). The highest BCUT2D eigenvalue weighted by Crippen LogP contribution is 2.18. The molecule has 0 amide bonds. The second-order valence-electron chi connectivity index (χ2n) is 3.85. The number of hydrogen-bond acceptors (Lipinski definition) is 4. The van der Waals surface area contributed by atoms with Gasteiger partial charge >= 0.3 is 0 Å². The van der Waals surface area contributed by atoms with Gasteiger partial charge in [-0.2, -0.15) is 5.26 Å². The average molecular weight is 254 g/mol. The molecule has 5 heteroatoms. The molecule has 2 aromatic rings. The Morgan fingerprint density at radius 2 is 1.74 bits per heavy atom. The third kappa shape index (κ3) is 3.30. The van der Waals surface area contributed by atoms with E-state index in [1.807, 2.05) is 18.2 Å². The van der Waals surface area contributed by atoms with E-state index in [-0.39, 0.29) is 5.69 Å². The number of ether oxygens (including phenoxy) is 1. The van der Waals surface area contributed by atoms with Crippen LogP contribution < -0.4 is 4.74 Å². The summed E-state index contributed by atoms with van der Waals surface area (Å²) in [4.78, 5) is 10.0. The molecule has 0 aliphatic heterocycles. The zero-order valence-corrected chi connectivity index (χ0v) is 9.95. The first-order valence-electron chi connectivity index (χ1n) is 5.55. The van der Waals surface area contributed by atoms with E-state index in [1.54, 1.807) is 24.3 Å². The molecule has 0 N–H and O–H groups in total. The van der Waals surface area contributed by atoms with Gasteiger partial charge in [0.2, 0.25) is 0 Å². The van der Waals surface area contributed by atoms with Crippen molar-refractivity contribution in [2.45, 2.75) is 6.61 Å². The monoisotopic (exact) mass is 254 g/mol. The van der Waals surface area contributed by atoms with Crippen LogP contribution in [0.15, 0.2) is 48.5 Å². The van der Waals surface area contributed by atoms with Crippen molar-refractivity contribution >= 4 is 5.69 Å². The number of nitro benzene ring substituents is 1. The number of rotatable bonds is 4. The van der Waals surface area contributed by atoms with E-state index in [9.17, 15) is 10.1 Å². The van der Waals surface area contributed by atoms with Gasteiger partial charge in [0.25, 0.3) is 5.69 Å². The van der Waals surface area contributed by atoms with E-state index in [4.69, 9.17) is 10.00 Å². The fourth-order valence-electron chi connectivity index (χ4n) is 1.51. The van der Waals surface area contributed by atoms with Crippen molar-refractivity contribution in [1.29, 1.82) is 5.26 Å². The largest absolute Gasteiger partial charge is 0.489 e. The molecule has 94 valence electrons. The first-order valence-corrected chi connectivity index (χ1v) is 5.55. The molecule has 0 aliphatic carbocycles. The molecule has 0 spiro atoms. The maximum absolute atomic E-state index is 10.5. The minimum Gasteiger partial charge on any atom is -0.489 e. The Labute approximate surface area is 109 Å². The van der Waals surface area contributed by atoms with Crippen LogP contribution in [0.1, 0.15) is 11.1 Å². The van der Waals surface area contributed by atoms with Gasteiger partial charge in [-0.05, 0) is 29.8 Å². The van der Waals surface area contributed by atoms with Crippen molar-refractivity contribution in [2.24, 2.45) is 0 Å². The van der Waals surface area contributed by atoms with Crippen molar-refractivity contribution in [3.8, 4) is 11.8 Å². The van der Waals surface area contributed by atoms with Crippen LogP contribution in [0, 0.1) is 21.4 Å². The van der Waals surface area contributed by atoms with Gasteiger partial charge in [-0.3, -0.25) is 10.1 Å². The normalized spacial score (nSPS) is 9.63. The Balaban J connectivity index is 1.98. The summed E-state index contributed by atoms with van der Waals surface area (Å²) in [5.41, 5.74) is 1.56. The number of non-ortho nitro benzene ring substituents is 1. The van der Waals surface area contributed by atoms with Crippen molar-refractivity contribution < 1.29 is 9.66 Å². The van der Waals surface area contributed by atoms with E-state index >= 15 is 0 Å². The Kier molecular flexibility index (Phi) is 3.74. The Bertz CT molecular complexity index is 613. The van der Waals surface area contributed by atoms with Gasteiger partial charge in [0.15, 0.2) is 0 Å². The Morgan fingerprint density at radius 1 is 1.11 bits per heavy atom. The average Bonchev–Trinajstić information content (AvgIpc) is 2.46. The van der Waals surface area contributed by atoms with E-state index in [0.29, 0.717) is 17.9 Å². The maximum Gasteiger partial charge on any atom is 0.269 e. The molecule has 0 aliphatic rings. The number of hydrogen-bond donors (Lipinski definition) is 0. The van der Waals surface area contributed by atoms with Gasteiger partial charge in [0.1, 0.15) is 12.4 Å².